The van der Waals surface area contributed by atoms with E-state index in [2.05, 4.69) is 32.7 Å². The normalized spacial score (nSPS) is 24.6. The molecule has 1 aliphatic carbocycles. The van der Waals surface area contributed by atoms with Crippen molar-refractivity contribution in [3.8, 4) is 0 Å². The highest BCUT2D eigenvalue weighted by atomic mass is 15.0. The predicted molar refractivity (Wildman–Crippen MR) is 54.2 cm³/mol. The number of nitrogens with one attached hydrogen (secondary N) is 1. The Bertz CT molecular complexity index is 158. The first kappa shape index (κ1) is 9.79. The van der Waals surface area contributed by atoms with Gasteiger partial charge in [-0.05, 0) is 38.5 Å². The van der Waals surface area contributed by atoms with Gasteiger partial charge in [-0.2, -0.15) is 0 Å². The monoisotopic (exact) mass is 167 g/mol. The highest BCUT2D eigenvalue weighted by Crippen LogP contribution is 2.48. The van der Waals surface area contributed by atoms with Crippen LogP contribution in [0.15, 0.2) is 12.7 Å². The molecule has 0 spiro atoms. The van der Waals surface area contributed by atoms with Crippen LogP contribution in [0.5, 0.6) is 0 Å². The maximum absolute atomic E-state index is 3.75. The molecule has 0 aliphatic heterocycles. The highest BCUT2D eigenvalue weighted by molar-refractivity contribution is 4.97. The van der Waals surface area contributed by atoms with Crippen LogP contribution in [-0.4, -0.2) is 12.1 Å². The van der Waals surface area contributed by atoms with E-state index in [-0.39, 0.29) is 0 Å². The molecule has 1 N–H and O–H groups in total. The van der Waals surface area contributed by atoms with Gasteiger partial charge in [-0.15, -0.1) is 6.58 Å². The Labute approximate surface area is 76.2 Å². The van der Waals surface area contributed by atoms with Crippen molar-refractivity contribution in [2.24, 2.45) is 5.41 Å². The van der Waals surface area contributed by atoms with Crippen molar-refractivity contribution >= 4 is 0 Å². The zero-order valence-electron chi connectivity index (χ0n) is 8.56. The van der Waals surface area contributed by atoms with Crippen molar-refractivity contribution in [2.45, 2.75) is 52.1 Å². The van der Waals surface area contributed by atoms with Crippen molar-refractivity contribution in [3.63, 3.8) is 0 Å². The van der Waals surface area contributed by atoms with Crippen LogP contribution in [0.3, 0.4) is 0 Å². The Morgan fingerprint density at radius 3 is 2.50 bits per heavy atom. The molecule has 2 unspecified atom stereocenters. The van der Waals surface area contributed by atoms with E-state index in [4.69, 9.17) is 0 Å². The summed E-state index contributed by atoms with van der Waals surface area (Å²) in [5.41, 5.74) is 0.593. The molecule has 2 atom stereocenters. The number of hydrogen-bond acceptors (Lipinski definition) is 1. The molecule has 70 valence electrons. The van der Waals surface area contributed by atoms with Gasteiger partial charge >= 0.3 is 0 Å². The average molecular weight is 167 g/mol. The first-order valence-corrected chi connectivity index (χ1v) is 4.95. The molecule has 1 fully saturated rings. The van der Waals surface area contributed by atoms with E-state index in [1.165, 1.54) is 12.8 Å². The topological polar surface area (TPSA) is 12.0 Å². The molecule has 12 heavy (non-hydrogen) atoms. The minimum Gasteiger partial charge on any atom is -0.311 e. The minimum absolute atomic E-state index is 0.579. The fraction of sp³-hybridized carbons (Fsp3) is 0.818. The Balaban J connectivity index is 2.25. The molecule has 0 amide bonds. The third-order valence-electron chi connectivity index (χ3n) is 3.14. The molecule has 1 saturated carbocycles. The van der Waals surface area contributed by atoms with Gasteiger partial charge in [-0.1, -0.05) is 13.0 Å². The van der Waals surface area contributed by atoms with E-state index >= 15 is 0 Å². The average Bonchev–Trinajstić information content (AvgIpc) is 2.69. The van der Waals surface area contributed by atoms with Crippen LogP contribution in [0.1, 0.15) is 40.0 Å². The van der Waals surface area contributed by atoms with Crippen LogP contribution >= 0.6 is 0 Å². The van der Waals surface area contributed by atoms with Gasteiger partial charge in [0.2, 0.25) is 0 Å². The van der Waals surface area contributed by atoms with E-state index in [1.807, 2.05) is 6.08 Å². The molecule has 0 heterocycles. The Morgan fingerprint density at radius 1 is 1.50 bits per heavy atom. The van der Waals surface area contributed by atoms with Gasteiger partial charge in [-0.25, -0.2) is 0 Å². The first-order valence-electron chi connectivity index (χ1n) is 4.95. The summed E-state index contributed by atoms with van der Waals surface area (Å²) in [5, 5.41) is 3.61. The smallest absolute Gasteiger partial charge is 0.00951 e. The molecule has 0 saturated heterocycles. The molecule has 0 aromatic carbocycles. The van der Waals surface area contributed by atoms with Crippen LogP contribution in [0, 0.1) is 5.41 Å². The quantitative estimate of drug-likeness (QED) is 0.621. The third kappa shape index (κ3) is 2.34. The van der Waals surface area contributed by atoms with Gasteiger partial charge in [0.05, 0.1) is 0 Å². The summed E-state index contributed by atoms with van der Waals surface area (Å²) in [7, 11) is 0. The van der Waals surface area contributed by atoms with Crippen LogP contribution < -0.4 is 5.32 Å². The summed E-state index contributed by atoms with van der Waals surface area (Å²) in [6.45, 7) is 10.6. The molecule has 1 nitrogen and oxygen atoms in total. The van der Waals surface area contributed by atoms with Crippen molar-refractivity contribution in [1.29, 1.82) is 0 Å². The molecule has 0 radical (unpaired) electrons. The van der Waals surface area contributed by atoms with Crippen molar-refractivity contribution in [3.05, 3.63) is 12.7 Å². The lowest BCUT2D eigenvalue weighted by atomic mass is 10.00. The van der Waals surface area contributed by atoms with E-state index < -0.39 is 0 Å². The van der Waals surface area contributed by atoms with Crippen molar-refractivity contribution in [1.82, 2.24) is 5.32 Å². The SMILES string of the molecule is C=CCC(C)NC(C)C1(C)CC1. The van der Waals surface area contributed by atoms with Gasteiger partial charge in [0.15, 0.2) is 0 Å². The van der Waals surface area contributed by atoms with E-state index in [9.17, 15) is 0 Å². The van der Waals surface area contributed by atoms with Crippen LogP contribution in [0.4, 0.5) is 0 Å². The summed E-state index contributed by atoms with van der Waals surface area (Å²) >= 11 is 0. The van der Waals surface area contributed by atoms with Crippen LogP contribution in [0.25, 0.3) is 0 Å². The van der Waals surface area contributed by atoms with E-state index in [0.717, 1.165) is 6.42 Å². The van der Waals surface area contributed by atoms with Gasteiger partial charge in [-0.3, -0.25) is 0 Å². The number of rotatable bonds is 5. The molecular formula is C11H21N. The fourth-order valence-electron chi connectivity index (χ4n) is 1.58. The minimum atomic E-state index is 0.579. The van der Waals surface area contributed by atoms with Crippen LogP contribution in [-0.2, 0) is 0 Å². The van der Waals surface area contributed by atoms with E-state index in [1.54, 1.807) is 0 Å². The molecular weight excluding hydrogens is 146 g/mol. The predicted octanol–water partition coefficient (Wildman–Crippen LogP) is 2.73. The highest BCUT2D eigenvalue weighted by Gasteiger charge is 2.42. The largest absolute Gasteiger partial charge is 0.311 e. The Kier molecular flexibility index (Phi) is 2.94. The molecule has 0 bridgehead atoms. The van der Waals surface area contributed by atoms with Crippen LogP contribution in [0.2, 0.25) is 0 Å². The molecule has 0 aromatic heterocycles. The number of hydrogen-bond donors (Lipinski definition) is 1. The second-order valence-electron chi connectivity index (χ2n) is 4.47. The third-order valence-corrected chi connectivity index (χ3v) is 3.14. The maximum Gasteiger partial charge on any atom is 0.00951 e. The summed E-state index contributed by atoms with van der Waals surface area (Å²) in [6, 6.07) is 1.24. The van der Waals surface area contributed by atoms with Crippen molar-refractivity contribution in [2.75, 3.05) is 0 Å². The first-order chi connectivity index (χ1) is 5.58. The lowest BCUT2D eigenvalue weighted by Crippen LogP contribution is -2.39. The van der Waals surface area contributed by atoms with Gasteiger partial charge in [0.25, 0.3) is 0 Å². The van der Waals surface area contributed by atoms with Gasteiger partial charge in [0, 0.05) is 12.1 Å². The Morgan fingerprint density at radius 2 is 2.08 bits per heavy atom. The summed E-state index contributed by atoms with van der Waals surface area (Å²) in [5.74, 6) is 0. The molecule has 0 aromatic rings. The standard InChI is InChI=1S/C11H21N/c1-5-6-9(2)12-10(3)11(4)7-8-11/h5,9-10,12H,1,6-8H2,2-4H3. The van der Waals surface area contributed by atoms with E-state index in [0.29, 0.717) is 17.5 Å². The fourth-order valence-corrected chi connectivity index (χ4v) is 1.58. The Hall–Kier alpha value is -0.300. The summed E-state index contributed by atoms with van der Waals surface area (Å²) in [6.07, 6.45) is 5.84. The van der Waals surface area contributed by atoms with Crippen molar-refractivity contribution < 1.29 is 0 Å². The summed E-state index contributed by atoms with van der Waals surface area (Å²) in [4.78, 5) is 0. The molecule has 1 rings (SSSR count). The lowest BCUT2D eigenvalue weighted by molar-refractivity contribution is 0.347. The zero-order valence-corrected chi connectivity index (χ0v) is 8.56. The van der Waals surface area contributed by atoms with Gasteiger partial charge in [0.1, 0.15) is 0 Å². The van der Waals surface area contributed by atoms with Gasteiger partial charge < -0.3 is 5.32 Å². The second-order valence-corrected chi connectivity index (χ2v) is 4.47. The lowest BCUT2D eigenvalue weighted by Gasteiger charge is -2.24. The zero-order chi connectivity index (χ0) is 9.19. The maximum atomic E-state index is 3.75. The molecule has 1 heteroatoms. The molecule has 1 aliphatic rings. The summed E-state index contributed by atoms with van der Waals surface area (Å²) < 4.78 is 0. The second kappa shape index (κ2) is 3.61.